The van der Waals surface area contributed by atoms with Gasteiger partial charge in [0.15, 0.2) is 0 Å². The summed E-state index contributed by atoms with van der Waals surface area (Å²) < 4.78 is 29.0. The number of likely N-dealkylation sites (N-methyl/N-ethyl adjacent to an activating group) is 1. The highest BCUT2D eigenvalue weighted by Crippen LogP contribution is 2.10. The molecule has 0 saturated heterocycles. The van der Waals surface area contributed by atoms with Gasteiger partial charge in [-0.25, -0.2) is 8.42 Å². The van der Waals surface area contributed by atoms with Gasteiger partial charge in [-0.15, -0.1) is 0 Å². The van der Waals surface area contributed by atoms with Gasteiger partial charge >= 0.3 is 0 Å². The number of rotatable bonds is 10. The third kappa shape index (κ3) is 7.11. The predicted molar refractivity (Wildman–Crippen MR) is 98.8 cm³/mol. The molecular formula is C17H27N3O5S. The van der Waals surface area contributed by atoms with Gasteiger partial charge in [-0.1, -0.05) is 30.3 Å². The van der Waals surface area contributed by atoms with E-state index in [1.807, 2.05) is 30.3 Å². The van der Waals surface area contributed by atoms with E-state index >= 15 is 0 Å². The highest BCUT2D eigenvalue weighted by atomic mass is 32.2. The number of sulfonamides is 1. The predicted octanol–water partition coefficient (Wildman–Crippen LogP) is 0.0577. The Balaban J connectivity index is 2.93. The first kappa shape index (κ1) is 22.1. The van der Waals surface area contributed by atoms with Gasteiger partial charge in [0.25, 0.3) is 0 Å². The van der Waals surface area contributed by atoms with Crippen molar-refractivity contribution in [3.8, 4) is 0 Å². The first-order valence-electron chi connectivity index (χ1n) is 8.18. The molecule has 8 nitrogen and oxygen atoms in total. The Kier molecular flexibility index (Phi) is 8.70. The number of carbonyl (C=O) groups excluding carboxylic acids is 2. The molecule has 0 bridgehead atoms. The number of hydrogen-bond acceptors (Lipinski definition) is 5. The maximum Gasteiger partial charge on any atom is 0.242 e. The summed E-state index contributed by atoms with van der Waals surface area (Å²) in [6.07, 6.45) is 1.03. The molecule has 1 N–H and O–H groups in total. The zero-order valence-corrected chi connectivity index (χ0v) is 16.5. The maximum atomic E-state index is 12.7. The monoisotopic (exact) mass is 385 g/mol. The minimum atomic E-state index is -3.50. The lowest BCUT2D eigenvalue weighted by Gasteiger charge is -2.30. The molecule has 9 heteroatoms. The Morgan fingerprint density at radius 3 is 2.38 bits per heavy atom. The third-order valence-electron chi connectivity index (χ3n) is 3.89. The molecule has 0 saturated carbocycles. The molecule has 0 heterocycles. The molecule has 0 unspecified atom stereocenters. The van der Waals surface area contributed by atoms with Gasteiger partial charge in [-0.2, -0.15) is 4.31 Å². The molecule has 1 aromatic rings. The van der Waals surface area contributed by atoms with Crippen LogP contribution in [0, 0.1) is 0 Å². The molecule has 146 valence electrons. The van der Waals surface area contributed by atoms with Crippen molar-refractivity contribution in [2.45, 2.75) is 19.5 Å². The number of methoxy groups -OCH3 is 1. The second-order valence-electron chi connectivity index (χ2n) is 5.99. The van der Waals surface area contributed by atoms with Crippen molar-refractivity contribution in [2.75, 3.05) is 40.1 Å². The minimum absolute atomic E-state index is 0.205. The fourth-order valence-electron chi connectivity index (χ4n) is 2.19. The zero-order chi connectivity index (χ0) is 19.7. The number of hydrogen-bond donors (Lipinski definition) is 1. The van der Waals surface area contributed by atoms with Crippen LogP contribution in [0.15, 0.2) is 30.3 Å². The normalized spacial score (nSPS) is 12.7. The first-order valence-corrected chi connectivity index (χ1v) is 10.0. The molecule has 0 fully saturated rings. The van der Waals surface area contributed by atoms with Gasteiger partial charge in [-0.05, 0) is 12.5 Å². The fraction of sp³-hybridized carbons (Fsp3) is 0.529. The quantitative estimate of drug-likeness (QED) is 0.575. The van der Waals surface area contributed by atoms with Crippen molar-refractivity contribution in [3.63, 3.8) is 0 Å². The standard InChI is InChI=1S/C17H27N3O5S/c1-14(17(22)18-10-11-25-3)20(12-15-8-6-5-7-9-15)16(21)13-19(2)26(4,23)24/h5-9,14H,10-13H2,1-4H3,(H,18,22)/t14-/m1/s1. The molecule has 26 heavy (non-hydrogen) atoms. The molecule has 0 aromatic heterocycles. The number of nitrogens with zero attached hydrogens (tertiary/aromatic N) is 2. The summed E-state index contributed by atoms with van der Waals surface area (Å²) in [5, 5.41) is 2.70. The highest BCUT2D eigenvalue weighted by molar-refractivity contribution is 7.88. The molecule has 0 aliphatic rings. The number of carbonyl (C=O) groups is 2. The Hall–Kier alpha value is -1.97. The van der Waals surface area contributed by atoms with E-state index in [2.05, 4.69) is 5.32 Å². The van der Waals surface area contributed by atoms with Crippen LogP contribution in [0.2, 0.25) is 0 Å². The van der Waals surface area contributed by atoms with E-state index in [0.29, 0.717) is 13.2 Å². The zero-order valence-electron chi connectivity index (χ0n) is 15.6. The lowest BCUT2D eigenvalue weighted by Crippen LogP contribution is -2.50. The van der Waals surface area contributed by atoms with E-state index in [1.54, 1.807) is 6.92 Å². The smallest absolute Gasteiger partial charge is 0.242 e. The van der Waals surface area contributed by atoms with Crippen LogP contribution in [0.4, 0.5) is 0 Å². The van der Waals surface area contributed by atoms with Crippen LogP contribution >= 0.6 is 0 Å². The summed E-state index contributed by atoms with van der Waals surface area (Å²) in [5.74, 6) is -0.774. The molecule has 0 radical (unpaired) electrons. The van der Waals surface area contributed by atoms with Crippen LogP contribution < -0.4 is 5.32 Å². The van der Waals surface area contributed by atoms with Gasteiger partial charge in [0.2, 0.25) is 21.8 Å². The maximum absolute atomic E-state index is 12.7. The Morgan fingerprint density at radius 2 is 1.85 bits per heavy atom. The topological polar surface area (TPSA) is 96.0 Å². The van der Waals surface area contributed by atoms with E-state index < -0.39 is 22.0 Å². The van der Waals surface area contributed by atoms with E-state index in [0.717, 1.165) is 16.1 Å². The summed E-state index contributed by atoms with van der Waals surface area (Å²) in [4.78, 5) is 26.4. The summed E-state index contributed by atoms with van der Waals surface area (Å²) in [5.41, 5.74) is 0.847. The molecule has 0 spiro atoms. The van der Waals surface area contributed by atoms with Gasteiger partial charge in [0.1, 0.15) is 6.04 Å². The van der Waals surface area contributed by atoms with Crippen molar-refractivity contribution in [1.82, 2.24) is 14.5 Å². The minimum Gasteiger partial charge on any atom is -0.383 e. The molecule has 2 amide bonds. The van der Waals surface area contributed by atoms with Crippen molar-refractivity contribution in [3.05, 3.63) is 35.9 Å². The van der Waals surface area contributed by atoms with Gasteiger partial charge in [-0.3, -0.25) is 9.59 Å². The molecule has 0 aliphatic heterocycles. The van der Waals surface area contributed by atoms with Gasteiger partial charge in [0.05, 0.1) is 19.4 Å². The summed E-state index contributed by atoms with van der Waals surface area (Å²) >= 11 is 0. The number of benzene rings is 1. The summed E-state index contributed by atoms with van der Waals surface area (Å²) in [6.45, 7) is 2.18. The van der Waals surface area contributed by atoms with Crippen LogP contribution in [-0.2, 0) is 30.9 Å². The summed E-state index contributed by atoms with van der Waals surface area (Å²) in [7, 11) is -0.639. The Labute approximate surface area is 155 Å². The van der Waals surface area contributed by atoms with E-state index in [4.69, 9.17) is 4.74 Å². The first-order chi connectivity index (χ1) is 12.2. The SMILES string of the molecule is COCCNC(=O)[C@@H](C)N(Cc1ccccc1)C(=O)CN(C)S(C)(=O)=O. The lowest BCUT2D eigenvalue weighted by atomic mass is 10.1. The molecule has 0 aliphatic carbocycles. The fourth-order valence-corrected chi connectivity index (χ4v) is 2.53. The van der Waals surface area contributed by atoms with Crippen LogP contribution in [0.3, 0.4) is 0 Å². The molecule has 1 aromatic carbocycles. The lowest BCUT2D eigenvalue weighted by molar-refractivity contribution is -0.140. The van der Waals surface area contributed by atoms with Crippen molar-refractivity contribution < 1.29 is 22.7 Å². The highest BCUT2D eigenvalue weighted by Gasteiger charge is 2.28. The second-order valence-corrected chi connectivity index (χ2v) is 8.08. The Morgan fingerprint density at radius 1 is 1.23 bits per heavy atom. The third-order valence-corrected chi connectivity index (χ3v) is 5.15. The van der Waals surface area contributed by atoms with Gasteiger partial charge in [0, 0.05) is 27.2 Å². The molecule has 1 rings (SSSR count). The summed E-state index contributed by atoms with van der Waals surface area (Å²) in [6, 6.07) is 8.46. The molecule has 1 atom stereocenters. The van der Waals surface area contributed by atoms with Crippen LogP contribution in [0.1, 0.15) is 12.5 Å². The second kappa shape index (κ2) is 10.2. The Bertz CT molecular complexity index is 694. The van der Waals surface area contributed by atoms with E-state index in [9.17, 15) is 18.0 Å². The van der Waals surface area contributed by atoms with Crippen molar-refractivity contribution >= 4 is 21.8 Å². The van der Waals surface area contributed by atoms with Crippen LogP contribution in [0.5, 0.6) is 0 Å². The van der Waals surface area contributed by atoms with Gasteiger partial charge < -0.3 is 15.0 Å². The number of amides is 2. The van der Waals surface area contributed by atoms with E-state index in [1.165, 1.54) is 19.1 Å². The average molecular weight is 385 g/mol. The van der Waals surface area contributed by atoms with E-state index in [-0.39, 0.29) is 19.0 Å². The van der Waals surface area contributed by atoms with Crippen molar-refractivity contribution in [1.29, 1.82) is 0 Å². The largest absolute Gasteiger partial charge is 0.383 e. The van der Waals surface area contributed by atoms with Crippen LogP contribution in [0.25, 0.3) is 0 Å². The average Bonchev–Trinajstić information content (AvgIpc) is 2.59. The number of ether oxygens (including phenoxy) is 1. The molecular weight excluding hydrogens is 358 g/mol. The van der Waals surface area contributed by atoms with Crippen LogP contribution in [-0.4, -0.2) is 75.6 Å². The number of nitrogens with one attached hydrogen (secondary N) is 1. The van der Waals surface area contributed by atoms with Crippen molar-refractivity contribution in [2.24, 2.45) is 0 Å².